The van der Waals surface area contributed by atoms with E-state index in [1.54, 1.807) is 6.33 Å². The van der Waals surface area contributed by atoms with Crippen molar-refractivity contribution >= 4 is 22.9 Å². The van der Waals surface area contributed by atoms with Crippen LogP contribution >= 0.6 is 0 Å². The zero-order chi connectivity index (χ0) is 14.1. The fourth-order valence-corrected chi connectivity index (χ4v) is 2.41. The predicted molar refractivity (Wildman–Crippen MR) is 82.3 cm³/mol. The first-order chi connectivity index (χ1) is 10.4. The number of rotatable bonds is 2. The fourth-order valence-electron chi connectivity index (χ4n) is 2.41. The van der Waals surface area contributed by atoms with Crippen LogP contribution in [0.2, 0.25) is 0 Å². The van der Waals surface area contributed by atoms with Crippen molar-refractivity contribution in [1.29, 1.82) is 0 Å². The molecule has 1 radical (unpaired) electrons. The Morgan fingerprint density at radius 3 is 2.55 bits per heavy atom. The van der Waals surface area contributed by atoms with Gasteiger partial charge in [0.25, 0.3) is 0 Å². The molecule has 0 amide bonds. The van der Waals surface area contributed by atoms with Crippen molar-refractivity contribution in [2.45, 2.75) is 0 Å². The van der Waals surface area contributed by atoms with E-state index in [9.17, 15) is 0 Å². The smallest absolute Gasteiger partial charge is 0.129 e. The maximum atomic E-state index is 4.42. The van der Waals surface area contributed by atoms with Gasteiger partial charge in [-0.15, -0.1) is 12.4 Å². The molecule has 0 bridgehead atoms. The quantitative estimate of drug-likeness (QED) is 0.542. The van der Waals surface area contributed by atoms with E-state index in [0.29, 0.717) is 0 Å². The second-order valence-corrected chi connectivity index (χ2v) is 4.67. The molecule has 0 saturated heterocycles. The van der Waals surface area contributed by atoms with Crippen LogP contribution in [0.3, 0.4) is 0 Å². The zero-order valence-electron chi connectivity index (χ0n) is 11.6. The molecule has 5 heteroatoms. The summed E-state index contributed by atoms with van der Waals surface area (Å²) in [7, 11) is 0. The molecule has 0 atom stereocenters. The Morgan fingerprint density at radius 2 is 1.77 bits per heavy atom. The minimum absolute atomic E-state index is 0. The third-order valence-electron chi connectivity index (χ3n) is 3.38. The van der Waals surface area contributed by atoms with Crippen molar-refractivity contribution in [1.82, 2.24) is 9.97 Å². The number of benzene rings is 2. The number of aromatic nitrogens is 2. The Balaban J connectivity index is 0.00000144. The summed E-state index contributed by atoms with van der Waals surface area (Å²) in [5.74, 6) is 0.869. The van der Waals surface area contributed by atoms with Crippen LogP contribution in [0.25, 0.3) is 0 Å². The van der Waals surface area contributed by atoms with Gasteiger partial charge in [-0.3, -0.25) is 0 Å². The SMILES string of the molecule is [Ir].[c-]1ccccc1N1[CH-]N(c2ccccc2)c2ncncc21. The molecular weight excluding hydrogens is 452 g/mol. The minimum Gasteiger partial charge on any atom is -0.491 e. The van der Waals surface area contributed by atoms with Crippen molar-refractivity contribution in [3.05, 3.63) is 79.9 Å². The average molecular weight is 465 g/mol. The van der Waals surface area contributed by atoms with Crippen LogP contribution in [0.1, 0.15) is 0 Å². The summed E-state index contributed by atoms with van der Waals surface area (Å²) in [4.78, 5) is 12.7. The van der Waals surface area contributed by atoms with E-state index in [1.165, 1.54) is 0 Å². The van der Waals surface area contributed by atoms with E-state index in [1.807, 2.05) is 60.2 Å². The fraction of sp³-hybridized carbons (Fsp3) is 0. The summed E-state index contributed by atoms with van der Waals surface area (Å²) in [6.07, 6.45) is 3.39. The molecule has 2 aromatic carbocycles. The van der Waals surface area contributed by atoms with Crippen LogP contribution in [-0.2, 0) is 20.1 Å². The first-order valence-corrected chi connectivity index (χ1v) is 6.69. The van der Waals surface area contributed by atoms with Crippen LogP contribution in [0.15, 0.2) is 67.1 Å². The van der Waals surface area contributed by atoms with E-state index in [-0.39, 0.29) is 20.1 Å². The number of hydrogen-bond donors (Lipinski definition) is 0. The van der Waals surface area contributed by atoms with Gasteiger partial charge in [0.1, 0.15) is 12.1 Å². The zero-order valence-corrected chi connectivity index (χ0v) is 13.9. The third-order valence-corrected chi connectivity index (χ3v) is 3.38. The molecule has 0 N–H and O–H groups in total. The van der Waals surface area contributed by atoms with E-state index >= 15 is 0 Å². The van der Waals surface area contributed by atoms with Gasteiger partial charge in [0.2, 0.25) is 0 Å². The molecule has 0 spiro atoms. The molecular formula is C17H12IrN4-2. The Bertz CT molecular complexity index is 684. The van der Waals surface area contributed by atoms with Gasteiger partial charge in [0.05, 0.1) is 11.9 Å². The summed E-state index contributed by atoms with van der Waals surface area (Å²) in [5, 5.41) is 0. The summed E-state index contributed by atoms with van der Waals surface area (Å²) in [6.45, 7) is 2.01. The molecule has 0 unspecified atom stereocenters. The monoisotopic (exact) mass is 465 g/mol. The normalized spacial score (nSPS) is 12.7. The summed E-state index contributed by atoms with van der Waals surface area (Å²) < 4.78 is 0. The second-order valence-electron chi connectivity index (χ2n) is 4.67. The summed E-state index contributed by atoms with van der Waals surface area (Å²) in [5.41, 5.74) is 2.98. The van der Waals surface area contributed by atoms with Gasteiger partial charge >= 0.3 is 0 Å². The van der Waals surface area contributed by atoms with E-state index < -0.39 is 0 Å². The van der Waals surface area contributed by atoms with Crippen LogP contribution in [0.5, 0.6) is 0 Å². The Kier molecular flexibility index (Phi) is 4.18. The number of anilines is 4. The van der Waals surface area contributed by atoms with Crippen LogP contribution in [0.4, 0.5) is 22.9 Å². The van der Waals surface area contributed by atoms with E-state index in [2.05, 4.69) is 33.1 Å². The van der Waals surface area contributed by atoms with Crippen LogP contribution in [-0.4, -0.2) is 9.97 Å². The first-order valence-electron chi connectivity index (χ1n) is 6.69. The third kappa shape index (κ3) is 2.49. The topological polar surface area (TPSA) is 32.3 Å². The van der Waals surface area contributed by atoms with Gasteiger partial charge in [0.15, 0.2) is 0 Å². The molecule has 0 saturated carbocycles. The van der Waals surface area contributed by atoms with Crippen molar-refractivity contribution < 1.29 is 20.1 Å². The number of para-hydroxylation sites is 2. The number of nitrogens with zero attached hydrogens (tertiary/aromatic N) is 4. The minimum atomic E-state index is 0. The van der Waals surface area contributed by atoms with Gasteiger partial charge in [-0.2, -0.15) is 30.3 Å². The number of hydrogen-bond acceptors (Lipinski definition) is 4. The van der Waals surface area contributed by atoms with E-state index in [4.69, 9.17) is 0 Å². The maximum Gasteiger partial charge on any atom is 0.129 e. The Morgan fingerprint density at radius 1 is 0.955 bits per heavy atom. The summed E-state index contributed by atoms with van der Waals surface area (Å²) in [6, 6.07) is 21.2. The molecule has 22 heavy (non-hydrogen) atoms. The maximum absolute atomic E-state index is 4.42. The molecule has 0 fully saturated rings. The molecule has 4 rings (SSSR count). The Labute approximate surface area is 142 Å². The Hall–Kier alpha value is -2.23. The van der Waals surface area contributed by atoms with Crippen LogP contribution in [0, 0.1) is 12.7 Å². The van der Waals surface area contributed by atoms with Gasteiger partial charge in [-0.25, -0.2) is 9.97 Å². The van der Waals surface area contributed by atoms with Crippen LogP contribution < -0.4 is 9.80 Å². The molecule has 1 aliphatic rings. The molecule has 0 aliphatic carbocycles. The van der Waals surface area contributed by atoms with Gasteiger partial charge in [-0.05, 0) is 12.1 Å². The van der Waals surface area contributed by atoms with Gasteiger partial charge in [-0.1, -0.05) is 18.2 Å². The number of fused-ring (bicyclic) bond motifs is 1. The van der Waals surface area contributed by atoms with Crippen molar-refractivity contribution in [2.24, 2.45) is 0 Å². The second kappa shape index (κ2) is 6.26. The van der Waals surface area contributed by atoms with Gasteiger partial charge < -0.3 is 9.80 Å². The average Bonchev–Trinajstić information content (AvgIpc) is 2.96. The standard InChI is InChI=1S/C17H12N4.Ir/c1-3-7-14(8-4-1)20-13-21(15-9-5-2-6-10-15)17-16(20)11-18-12-19-17;/h1-7,9-13H;/q-2;. The largest absolute Gasteiger partial charge is 0.491 e. The molecule has 111 valence electrons. The van der Waals surface area contributed by atoms with Crippen molar-refractivity contribution in [3.8, 4) is 0 Å². The van der Waals surface area contributed by atoms with Crippen molar-refractivity contribution in [2.75, 3.05) is 9.80 Å². The molecule has 3 aromatic rings. The first kappa shape index (κ1) is 14.7. The van der Waals surface area contributed by atoms with Crippen molar-refractivity contribution in [3.63, 3.8) is 0 Å². The molecule has 1 aromatic heterocycles. The molecule has 4 nitrogen and oxygen atoms in total. The molecule has 2 heterocycles. The molecule has 1 aliphatic heterocycles. The summed E-state index contributed by atoms with van der Waals surface area (Å²) >= 11 is 0. The van der Waals surface area contributed by atoms with Gasteiger partial charge in [0, 0.05) is 25.8 Å². The van der Waals surface area contributed by atoms with E-state index in [0.717, 1.165) is 22.9 Å². The predicted octanol–water partition coefficient (Wildman–Crippen LogP) is 3.68.